The maximum atomic E-state index is 13.0. The van der Waals surface area contributed by atoms with Crippen LogP contribution in [0.1, 0.15) is 17.3 Å². The van der Waals surface area contributed by atoms with Gasteiger partial charge in [0.2, 0.25) is 17.7 Å². The third-order valence-electron chi connectivity index (χ3n) is 7.66. The summed E-state index contributed by atoms with van der Waals surface area (Å²) < 4.78 is 78.7. The first kappa shape index (κ1) is 45.3. The number of ether oxygens (including phenoxy) is 4. The number of carbonyl (C=O) groups excluding carboxylic acids is 1. The van der Waals surface area contributed by atoms with Gasteiger partial charge < -0.3 is 28.5 Å². The molecule has 16 heteroatoms. The maximum absolute atomic E-state index is 13.0. The Morgan fingerprint density at radius 1 is 0.639 bits per heavy atom. The highest BCUT2D eigenvalue weighted by Crippen LogP contribution is 2.36. The number of carbonyl (C=O) groups is 1. The second kappa shape index (κ2) is 22.6. The number of hydrogen-bond acceptors (Lipinski definition) is 10. The zero-order valence-corrected chi connectivity index (χ0v) is 35.2. The lowest BCUT2D eigenvalue weighted by molar-refractivity contribution is 0.0528. The van der Waals surface area contributed by atoms with Gasteiger partial charge in [-0.1, -0.05) is 0 Å². The van der Waals surface area contributed by atoms with Gasteiger partial charge in [-0.2, -0.15) is 4.39 Å². The summed E-state index contributed by atoms with van der Waals surface area (Å²) in [4.78, 5) is 24.3. The van der Waals surface area contributed by atoms with Crippen molar-refractivity contribution >= 4 is 48.8 Å². The lowest BCUT2D eigenvalue weighted by Gasteiger charge is -2.06. The number of nitrogens with zero attached hydrogens (tertiary/aromatic N) is 3. The molecular formula is C45H33Br2F4N3O7. The Labute approximate surface area is 363 Å². The molecule has 0 radical (unpaired) electrons. The number of rotatable bonds is 8. The summed E-state index contributed by atoms with van der Waals surface area (Å²) in [6, 6.07) is 31.5. The number of pyridine rings is 3. The molecular weight excluding hydrogens is 930 g/mol. The summed E-state index contributed by atoms with van der Waals surface area (Å²) >= 11 is 6.39. The highest BCUT2D eigenvalue weighted by Gasteiger charge is 2.24. The van der Waals surface area contributed by atoms with Crippen molar-refractivity contribution in [3.05, 3.63) is 184 Å². The van der Waals surface area contributed by atoms with Crippen LogP contribution in [0.3, 0.4) is 0 Å². The van der Waals surface area contributed by atoms with E-state index in [0.717, 1.165) is 8.95 Å². The van der Waals surface area contributed by atoms with Crippen LogP contribution in [0, 0.1) is 23.4 Å². The molecule has 0 aliphatic carbocycles. The monoisotopic (exact) mass is 961 g/mol. The fourth-order valence-electron chi connectivity index (χ4n) is 4.86. The average molecular weight is 964 g/mol. The van der Waals surface area contributed by atoms with E-state index in [-0.39, 0.29) is 29.8 Å². The zero-order valence-electron chi connectivity index (χ0n) is 32.1. The molecule has 0 spiro atoms. The Balaban J connectivity index is 0.000000186. The van der Waals surface area contributed by atoms with Crippen LogP contribution >= 0.6 is 31.9 Å². The van der Waals surface area contributed by atoms with E-state index in [9.17, 15) is 22.4 Å². The third-order valence-corrected chi connectivity index (χ3v) is 8.60. The minimum Gasteiger partial charge on any atom is -0.508 e. The standard InChI is InChI=1S/C23H18FNO5.C11H7BrFNO.C6H5FO.C5H3BrFN/c1-3-28-23(26)21-18-12-17(27-2)9-10-19(18)30-22(21)14-4-11-20(25-13-14)29-16-7-5-15(24)6-8-16;12-8-1-6-11(14-7-8)15-10-4-2-9(13)3-5-10;7-5-1-3-6(8)4-2-5;6-4-1-2-5(7)8-3-4/h4-13H,3H2,1-2H3;1-7H;1-4,8H;1-3H. The second-order valence-corrected chi connectivity index (χ2v) is 13.8. The molecule has 0 bridgehead atoms. The van der Waals surface area contributed by atoms with Crippen LogP contribution in [0.4, 0.5) is 17.6 Å². The molecule has 0 saturated carbocycles. The van der Waals surface area contributed by atoms with E-state index >= 15 is 0 Å². The van der Waals surface area contributed by atoms with Gasteiger partial charge in [0, 0.05) is 50.6 Å². The van der Waals surface area contributed by atoms with Crippen LogP contribution < -0.4 is 14.2 Å². The quantitative estimate of drug-likeness (QED) is 0.0893. The molecule has 4 aromatic carbocycles. The number of halogens is 6. The topological polar surface area (TPSA) is 126 Å². The van der Waals surface area contributed by atoms with Crippen molar-refractivity contribution in [3.63, 3.8) is 0 Å². The first-order valence-corrected chi connectivity index (χ1v) is 19.4. The summed E-state index contributed by atoms with van der Waals surface area (Å²) in [7, 11) is 1.55. The van der Waals surface area contributed by atoms with E-state index in [1.54, 1.807) is 74.8 Å². The Bertz CT molecular complexity index is 2470. The number of benzene rings is 4. The van der Waals surface area contributed by atoms with Crippen molar-refractivity contribution in [1.29, 1.82) is 0 Å². The molecule has 4 heterocycles. The third kappa shape index (κ3) is 14.2. The van der Waals surface area contributed by atoms with Crippen LogP contribution in [0.15, 0.2) is 159 Å². The first-order valence-electron chi connectivity index (χ1n) is 17.8. The summed E-state index contributed by atoms with van der Waals surface area (Å²) in [5.41, 5.74) is 1.42. The Morgan fingerprint density at radius 2 is 1.15 bits per heavy atom. The van der Waals surface area contributed by atoms with Gasteiger partial charge in [0.1, 0.15) is 51.6 Å². The van der Waals surface area contributed by atoms with E-state index in [1.165, 1.54) is 79.1 Å². The number of furan rings is 1. The van der Waals surface area contributed by atoms with Gasteiger partial charge in [0.25, 0.3) is 0 Å². The molecule has 312 valence electrons. The van der Waals surface area contributed by atoms with Crippen LogP contribution in [0.5, 0.6) is 34.8 Å². The van der Waals surface area contributed by atoms with E-state index in [1.807, 2.05) is 6.07 Å². The molecule has 4 aromatic heterocycles. The Morgan fingerprint density at radius 3 is 1.59 bits per heavy atom. The Kier molecular flexibility index (Phi) is 16.8. The highest BCUT2D eigenvalue weighted by molar-refractivity contribution is 9.10. The van der Waals surface area contributed by atoms with Gasteiger partial charge in [-0.25, -0.2) is 32.9 Å². The van der Waals surface area contributed by atoms with Crippen molar-refractivity contribution in [1.82, 2.24) is 15.0 Å². The summed E-state index contributed by atoms with van der Waals surface area (Å²) in [6.07, 6.45) is 4.59. The average Bonchev–Trinajstić information content (AvgIpc) is 3.65. The summed E-state index contributed by atoms with van der Waals surface area (Å²) in [5, 5.41) is 9.18. The van der Waals surface area contributed by atoms with Crippen LogP contribution in [-0.2, 0) is 4.74 Å². The van der Waals surface area contributed by atoms with E-state index in [2.05, 4.69) is 46.8 Å². The van der Waals surface area contributed by atoms with Crippen molar-refractivity contribution in [3.8, 4) is 46.1 Å². The molecule has 0 unspecified atom stereocenters. The number of fused-ring (bicyclic) bond motifs is 1. The number of esters is 1. The van der Waals surface area contributed by atoms with Gasteiger partial charge in [0.05, 0.1) is 13.7 Å². The van der Waals surface area contributed by atoms with Crippen LogP contribution in [0.25, 0.3) is 22.3 Å². The predicted octanol–water partition coefficient (Wildman–Crippen LogP) is 12.9. The lowest BCUT2D eigenvalue weighted by atomic mass is 10.1. The minimum absolute atomic E-state index is 0.0893. The first-order chi connectivity index (χ1) is 29.4. The maximum Gasteiger partial charge on any atom is 0.342 e. The number of methoxy groups -OCH3 is 1. The van der Waals surface area contributed by atoms with Crippen LogP contribution in [-0.4, -0.2) is 39.7 Å². The number of phenolic OH excluding ortho intramolecular Hbond substituents is 1. The molecule has 0 saturated heterocycles. The molecule has 0 amide bonds. The Hall–Kier alpha value is -6.78. The normalized spacial score (nSPS) is 10.2. The lowest BCUT2D eigenvalue weighted by Crippen LogP contribution is -2.05. The molecule has 8 aromatic rings. The highest BCUT2D eigenvalue weighted by atomic mass is 79.9. The van der Waals surface area contributed by atoms with E-state index in [4.69, 9.17) is 28.5 Å². The van der Waals surface area contributed by atoms with Crippen LogP contribution in [0.2, 0.25) is 0 Å². The SMILES string of the molecule is CCOC(=O)c1c(-c2ccc(Oc3ccc(F)cc3)nc2)oc2ccc(OC)cc12.Fc1ccc(Br)cn1.Fc1ccc(Oc2ccc(Br)cn2)cc1.Oc1ccc(F)cc1. The summed E-state index contributed by atoms with van der Waals surface area (Å²) in [5.74, 6) is 0.939. The molecule has 61 heavy (non-hydrogen) atoms. The minimum atomic E-state index is -0.494. The fourth-order valence-corrected chi connectivity index (χ4v) is 5.33. The largest absolute Gasteiger partial charge is 0.508 e. The van der Waals surface area contributed by atoms with Gasteiger partial charge >= 0.3 is 5.97 Å². The molecule has 0 aliphatic heterocycles. The molecule has 8 rings (SSSR count). The number of phenols is 1. The predicted molar refractivity (Wildman–Crippen MR) is 227 cm³/mol. The number of hydrogen-bond donors (Lipinski definition) is 1. The van der Waals surface area contributed by atoms with Crippen molar-refractivity contribution in [2.24, 2.45) is 0 Å². The van der Waals surface area contributed by atoms with Crippen molar-refractivity contribution < 1.29 is 50.8 Å². The molecule has 10 nitrogen and oxygen atoms in total. The number of aromatic nitrogens is 3. The van der Waals surface area contributed by atoms with Gasteiger partial charge in [-0.15, -0.1) is 0 Å². The molecule has 0 fully saturated rings. The second-order valence-electron chi connectivity index (χ2n) is 12.0. The van der Waals surface area contributed by atoms with Crippen molar-refractivity contribution in [2.75, 3.05) is 13.7 Å². The zero-order chi connectivity index (χ0) is 43.7. The fraction of sp³-hybridized carbons (Fsp3) is 0.0667. The molecule has 0 aliphatic rings. The number of aromatic hydroxyl groups is 1. The summed E-state index contributed by atoms with van der Waals surface area (Å²) in [6.45, 7) is 1.97. The van der Waals surface area contributed by atoms with E-state index < -0.39 is 11.9 Å². The van der Waals surface area contributed by atoms with Crippen molar-refractivity contribution in [2.45, 2.75) is 6.92 Å². The molecule has 1 N–H and O–H groups in total. The van der Waals surface area contributed by atoms with E-state index in [0.29, 0.717) is 56.9 Å². The molecule has 0 atom stereocenters. The smallest absolute Gasteiger partial charge is 0.342 e. The van der Waals surface area contributed by atoms with Gasteiger partial charge in [0.15, 0.2) is 5.76 Å². The van der Waals surface area contributed by atoms with Gasteiger partial charge in [-0.3, -0.25) is 0 Å². The van der Waals surface area contributed by atoms with Gasteiger partial charge in [-0.05, 0) is 154 Å².